The fraction of sp³-hybridized carbons (Fsp3) is 0.267. The average molecular weight is 377 g/mol. The molecule has 0 saturated carbocycles. The van der Waals surface area contributed by atoms with Gasteiger partial charge in [0.15, 0.2) is 11.3 Å². The summed E-state index contributed by atoms with van der Waals surface area (Å²) in [4.78, 5) is 18.8. The third-order valence-electron chi connectivity index (χ3n) is 3.90. The maximum atomic E-state index is 12.2. The van der Waals surface area contributed by atoms with Crippen LogP contribution in [0.4, 0.5) is 5.13 Å². The van der Waals surface area contributed by atoms with Crippen molar-refractivity contribution in [1.29, 1.82) is 5.26 Å². The second-order valence-electron chi connectivity index (χ2n) is 5.62. The molecule has 1 aromatic carbocycles. The van der Waals surface area contributed by atoms with E-state index in [0.717, 1.165) is 10.4 Å². The van der Waals surface area contributed by atoms with Gasteiger partial charge in [0.2, 0.25) is 15.9 Å². The third kappa shape index (κ3) is 3.96. The highest BCUT2D eigenvalue weighted by molar-refractivity contribution is 7.89. The van der Waals surface area contributed by atoms with Crippen molar-refractivity contribution in [2.24, 2.45) is 11.1 Å². The molecule has 0 aliphatic carbocycles. The van der Waals surface area contributed by atoms with Crippen LogP contribution in [0.2, 0.25) is 0 Å². The molecule has 0 spiro atoms. The number of nitriles is 1. The van der Waals surface area contributed by atoms with Gasteiger partial charge in [-0.1, -0.05) is 23.5 Å². The van der Waals surface area contributed by atoms with Crippen LogP contribution in [0.3, 0.4) is 0 Å². The number of rotatable bonds is 4. The van der Waals surface area contributed by atoms with Gasteiger partial charge in [-0.3, -0.25) is 4.79 Å². The quantitative estimate of drug-likeness (QED) is 0.770. The number of hydrogen-bond acceptors (Lipinski definition) is 7. The second kappa shape index (κ2) is 6.79. The van der Waals surface area contributed by atoms with E-state index < -0.39 is 10.0 Å². The molecular weight excluding hydrogens is 362 g/mol. The Hall–Kier alpha value is -2.48. The Morgan fingerprint density at radius 3 is 2.72 bits per heavy atom. The van der Waals surface area contributed by atoms with E-state index in [9.17, 15) is 13.2 Å². The van der Waals surface area contributed by atoms with Crippen LogP contribution in [0.25, 0.3) is 10.4 Å². The first-order valence-electron chi connectivity index (χ1n) is 7.41. The van der Waals surface area contributed by atoms with E-state index in [4.69, 9.17) is 10.4 Å². The number of amides is 1. The van der Waals surface area contributed by atoms with Crippen LogP contribution in [0, 0.1) is 17.4 Å². The molecule has 130 valence electrons. The number of benzene rings is 1. The molecule has 1 aliphatic heterocycles. The predicted octanol–water partition coefficient (Wildman–Crippen LogP) is 1.20. The van der Waals surface area contributed by atoms with Gasteiger partial charge in [0.25, 0.3) is 0 Å². The van der Waals surface area contributed by atoms with Crippen molar-refractivity contribution in [2.45, 2.75) is 11.3 Å². The van der Waals surface area contributed by atoms with Crippen molar-refractivity contribution < 1.29 is 13.2 Å². The Bertz CT molecular complexity index is 931. The maximum Gasteiger partial charge on any atom is 0.238 e. The highest BCUT2D eigenvalue weighted by Gasteiger charge is 2.28. The van der Waals surface area contributed by atoms with E-state index >= 15 is 0 Å². The minimum absolute atomic E-state index is 0.0394. The van der Waals surface area contributed by atoms with Gasteiger partial charge < -0.3 is 10.2 Å². The molecule has 10 heteroatoms. The largest absolute Gasteiger partial charge is 0.310 e. The van der Waals surface area contributed by atoms with E-state index in [-0.39, 0.29) is 16.7 Å². The van der Waals surface area contributed by atoms with Crippen molar-refractivity contribution in [3.05, 3.63) is 30.5 Å². The molecule has 1 atom stereocenters. The Morgan fingerprint density at radius 2 is 2.12 bits per heavy atom. The van der Waals surface area contributed by atoms with Crippen LogP contribution >= 0.6 is 11.3 Å². The normalized spacial score (nSPS) is 17.3. The topological polar surface area (TPSA) is 129 Å². The SMILES string of the molecule is N#CN1CC[C@H](C(=O)Nc2ncc(-c3ccc(S(N)(=O)=O)cc3)s2)C1. The number of carbonyl (C=O) groups excluding carboxylic acids is 1. The molecule has 1 saturated heterocycles. The van der Waals surface area contributed by atoms with E-state index in [1.807, 2.05) is 6.19 Å². The van der Waals surface area contributed by atoms with Gasteiger partial charge in [-0.2, -0.15) is 5.26 Å². The average Bonchev–Trinajstić information content (AvgIpc) is 3.23. The Balaban J connectivity index is 1.68. The van der Waals surface area contributed by atoms with Crippen molar-refractivity contribution in [3.8, 4) is 16.6 Å². The van der Waals surface area contributed by atoms with Gasteiger partial charge in [-0.25, -0.2) is 18.5 Å². The molecule has 2 heterocycles. The van der Waals surface area contributed by atoms with Crippen molar-refractivity contribution in [1.82, 2.24) is 9.88 Å². The number of sulfonamides is 1. The summed E-state index contributed by atoms with van der Waals surface area (Å²) in [7, 11) is -3.72. The molecular formula is C15H15N5O3S2. The third-order valence-corrected chi connectivity index (χ3v) is 5.79. The van der Waals surface area contributed by atoms with Crippen LogP contribution in [0.1, 0.15) is 6.42 Å². The summed E-state index contributed by atoms with van der Waals surface area (Å²) < 4.78 is 22.5. The zero-order valence-corrected chi connectivity index (χ0v) is 14.7. The Kier molecular flexibility index (Phi) is 4.71. The first kappa shape index (κ1) is 17.3. The maximum absolute atomic E-state index is 12.2. The zero-order chi connectivity index (χ0) is 18.0. The molecule has 1 amide bonds. The molecule has 1 aliphatic rings. The summed E-state index contributed by atoms with van der Waals surface area (Å²) >= 11 is 1.29. The van der Waals surface area contributed by atoms with Crippen LogP contribution in [-0.4, -0.2) is 37.3 Å². The van der Waals surface area contributed by atoms with E-state index in [2.05, 4.69) is 10.3 Å². The highest BCUT2D eigenvalue weighted by atomic mass is 32.2. The lowest BCUT2D eigenvalue weighted by atomic mass is 10.1. The molecule has 0 unspecified atom stereocenters. The van der Waals surface area contributed by atoms with E-state index in [1.165, 1.54) is 23.5 Å². The summed E-state index contributed by atoms with van der Waals surface area (Å²) in [6, 6.07) is 6.14. The number of likely N-dealkylation sites (tertiary alicyclic amines) is 1. The van der Waals surface area contributed by atoms with Crippen LogP contribution < -0.4 is 10.5 Å². The Morgan fingerprint density at radius 1 is 1.40 bits per heavy atom. The monoisotopic (exact) mass is 377 g/mol. The minimum Gasteiger partial charge on any atom is -0.310 e. The fourth-order valence-corrected chi connectivity index (χ4v) is 3.89. The standard InChI is InChI=1S/C15H15N5O3S2/c16-9-20-6-5-11(8-20)14(21)19-15-18-7-13(24-15)10-1-3-12(4-2-10)25(17,22)23/h1-4,7,11H,5-6,8H2,(H2,17,22,23)(H,18,19,21)/t11-/m0/s1. The number of carbonyl (C=O) groups is 1. The lowest BCUT2D eigenvalue weighted by Gasteiger charge is -2.08. The van der Waals surface area contributed by atoms with Gasteiger partial charge in [-0.05, 0) is 24.1 Å². The minimum atomic E-state index is -3.72. The number of hydrogen-bond donors (Lipinski definition) is 2. The van der Waals surface area contributed by atoms with Gasteiger partial charge >= 0.3 is 0 Å². The molecule has 0 radical (unpaired) electrons. The molecule has 2 aromatic rings. The summed E-state index contributed by atoms with van der Waals surface area (Å²) in [5, 5.41) is 17.2. The van der Waals surface area contributed by atoms with Crippen molar-refractivity contribution in [3.63, 3.8) is 0 Å². The smallest absolute Gasteiger partial charge is 0.238 e. The van der Waals surface area contributed by atoms with Crippen LogP contribution in [0.15, 0.2) is 35.4 Å². The first-order chi connectivity index (χ1) is 11.9. The second-order valence-corrected chi connectivity index (χ2v) is 8.21. The summed E-state index contributed by atoms with van der Waals surface area (Å²) in [6.07, 6.45) is 4.30. The molecule has 0 bridgehead atoms. The summed E-state index contributed by atoms with van der Waals surface area (Å²) in [5.41, 5.74) is 0.780. The van der Waals surface area contributed by atoms with E-state index in [0.29, 0.717) is 24.6 Å². The number of primary sulfonamides is 1. The zero-order valence-electron chi connectivity index (χ0n) is 13.0. The molecule has 25 heavy (non-hydrogen) atoms. The van der Waals surface area contributed by atoms with Gasteiger partial charge in [0, 0.05) is 19.3 Å². The highest BCUT2D eigenvalue weighted by Crippen LogP contribution is 2.30. The molecule has 1 fully saturated rings. The number of thiazole rings is 1. The lowest BCUT2D eigenvalue weighted by molar-refractivity contribution is -0.119. The predicted molar refractivity (Wildman–Crippen MR) is 92.8 cm³/mol. The summed E-state index contributed by atoms with van der Waals surface area (Å²) in [6.45, 7) is 1.02. The van der Waals surface area contributed by atoms with Crippen LogP contribution in [0.5, 0.6) is 0 Å². The number of nitrogens with one attached hydrogen (secondary N) is 1. The van der Waals surface area contributed by atoms with E-state index in [1.54, 1.807) is 23.2 Å². The molecule has 8 nitrogen and oxygen atoms in total. The van der Waals surface area contributed by atoms with Gasteiger partial charge in [0.05, 0.1) is 15.7 Å². The Labute approximate surface area is 148 Å². The van der Waals surface area contributed by atoms with Gasteiger partial charge in [-0.15, -0.1) is 0 Å². The number of nitrogens with two attached hydrogens (primary N) is 1. The van der Waals surface area contributed by atoms with Crippen LogP contribution in [-0.2, 0) is 14.8 Å². The number of anilines is 1. The molecule has 1 aromatic heterocycles. The van der Waals surface area contributed by atoms with Crippen molar-refractivity contribution in [2.75, 3.05) is 18.4 Å². The first-order valence-corrected chi connectivity index (χ1v) is 9.78. The van der Waals surface area contributed by atoms with Gasteiger partial charge in [0.1, 0.15) is 0 Å². The fourth-order valence-electron chi connectivity index (χ4n) is 2.55. The molecule has 3 N–H and O–H groups in total. The lowest BCUT2D eigenvalue weighted by Crippen LogP contribution is -2.25. The number of aromatic nitrogens is 1. The molecule has 3 rings (SSSR count). The summed E-state index contributed by atoms with van der Waals surface area (Å²) in [5.74, 6) is -0.371. The van der Waals surface area contributed by atoms with Crippen molar-refractivity contribution >= 4 is 32.4 Å². The number of nitrogens with zero attached hydrogens (tertiary/aromatic N) is 3.